The van der Waals surface area contributed by atoms with Crippen LogP contribution in [0.3, 0.4) is 0 Å². The van der Waals surface area contributed by atoms with E-state index in [2.05, 4.69) is 22.9 Å². The summed E-state index contributed by atoms with van der Waals surface area (Å²) in [5.41, 5.74) is 3.29. The lowest BCUT2D eigenvalue weighted by Crippen LogP contribution is -2.24. The number of hydrogen-bond acceptors (Lipinski definition) is 4. The first-order valence-corrected chi connectivity index (χ1v) is 8.69. The molecule has 1 atom stereocenters. The van der Waals surface area contributed by atoms with Crippen molar-refractivity contribution >= 4 is 16.6 Å². The molecule has 0 saturated carbocycles. The van der Waals surface area contributed by atoms with Crippen molar-refractivity contribution in [3.05, 3.63) is 82.1 Å². The second-order valence-corrected chi connectivity index (χ2v) is 6.75. The number of fused-ring (bicyclic) bond motifs is 2. The van der Waals surface area contributed by atoms with Gasteiger partial charge in [0.15, 0.2) is 0 Å². The highest BCUT2D eigenvalue weighted by Gasteiger charge is 2.17. The molecule has 0 fully saturated rings. The van der Waals surface area contributed by atoms with Crippen LogP contribution >= 0.6 is 0 Å². The Bertz CT molecular complexity index is 1110. The third-order valence-electron chi connectivity index (χ3n) is 4.87. The van der Waals surface area contributed by atoms with E-state index in [1.807, 2.05) is 50.4 Å². The molecule has 26 heavy (non-hydrogen) atoms. The number of aryl methyl sites for hydroxylation is 1. The Balaban J connectivity index is 1.63. The van der Waals surface area contributed by atoms with Gasteiger partial charge in [0.05, 0.1) is 11.7 Å². The van der Waals surface area contributed by atoms with Crippen molar-refractivity contribution < 1.29 is 4.42 Å². The van der Waals surface area contributed by atoms with Crippen LogP contribution in [0.15, 0.2) is 63.9 Å². The number of pyridine rings is 1. The average molecular weight is 347 g/mol. The standard InChI is InChI=1S/C21H21N3O2/c1-14-7-6-10-24-20(25)12-17(22-21(14)24)13-23(3)15(2)19-11-16-8-4-5-9-18(16)26-19/h4-12,15H,13H2,1-3H3/t15-/m1/s1. The van der Waals surface area contributed by atoms with Crippen molar-refractivity contribution in [2.45, 2.75) is 26.4 Å². The Morgan fingerprint density at radius 1 is 1.19 bits per heavy atom. The van der Waals surface area contributed by atoms with Gasteiger partial charge in [0.1, 0.15) is 17.0 Å². The van der Waals surface area contributed by atoms with Crippen molar-refractivity contribution in [2.24, 2.45) is 0 Å². The summed E-state index contributed by atoms with van der Waals surface area (Å²) in [6, 6.07) is 15.6. The maximum absolute atomic E-state index is 12.4. The molecule has 5 nitrogen and oxygen atoms in total. The molecule has 0 spiro atoms. The van der Waals surface area contributed by atoms with E-state index in [-0.39, 0.29) is 11.6 Å². The fraction of sp³-hybridized carbons (Fsp3) is 0.238. The summed E-state index contributed by atoms with van der Waals surface area (Å²) in [7, 11) is 2.01. The molecule has 132 valence electrons. The third-order valence-corrected chi connectivity index (χ3v) is 4.87. The van der Waals surface area contributed by atoms with E-state index in [4.69, 9.17) is 4.42 Å². The number of furan rings is 1. The number of nitrogens with zero attached hydrogens (tertiary/aromatic N) is 3. The van der Waals surface area contributed by atoms with E-state index in [0.29, 0.717) is 12.2 Å². The van der Waals surface area contributed by atoms with Gasteiger partial charge in [-0.3, -0.25) is 14.1 Å². The molecule has 0 saturated heterocycles. The summed E-state index contributed by atoms with van der Waals surface area (Å²) in [5.74, 6) is 0.905. The van der Waals surface area contributed by atoms with Crippen LogP contribution in [0, 0.1) is 6.92 Å². The van der Waals surface area contributed by atoms with Crippen molar-refractivity contribution in [3.63, 3.8) is 0 Å². The fourth-order valence-corrected chi connectivity index (χ4v) is 3.21. The molecular weight excluding hydrogens is 326 g/mol. The Morgan fingerprint density at radius 3 is 2.81 bits per heavy atom. The van der Waals surface area contributed by atoms with Crippen LogP contribution in [0.1, 0.15) is 30.0 Å². The predicted molar refractivity (Wildman–Crippen MR) is 102 cm³/mol. The molecular formula is C21H21N3O2. The highest BCUT2D eigenvalue weighted by molar-refractivity contribution is 5.77. The van der Waals surface area contributed by atoms with E-state index < -0.39 is 0 Å². The Hall–Kier alpha value is -2.92. The summed E-state index contributed by atoms with van der Waals surface area (Å²) in [6.45, 7) is 4.63. The third kappa shape index (κ3) is 2.91. The van der Waals surface area contributed by atoms with Gasteiger partial charge >= 0.3 is 0 Å². The molecule has 0 N–H and O–H groups in total. The predicted octanol–water partition coefficient (Wildman–Crippen LogP) is 3.94. The zero-order valence-electron chi connectivity index (χ0n) is 15.1. The minimum Gasteiger partial charge on any atom is -0.459 e. The Morgan fingerprint density at radius 2 is 2.00 bits per heavy atom. The highest BCUT2D eigenvalue weighted by Crippen LogP contribution is 2.27. The second kappa shape index (κ2) is 6.42. The van der Waals surface area contributed by atoms with Crippen LogP contribution < -0.4 is 5.56 Å². The van der Waals surface area contributed by atoms with Gasteiger partial charge in [-0.25, -0.2) is 4.98 Å². The average Bonchev–Trinajstić information content (AvgIpc) is 3.06. The van der Waals surface area contributed by atoms with Gasteiger partial charge < -0.3 is 4.42 Å². The molecule has 0 radical (unpaired) electrons. The van der Waals surface area contributed by atoms with Crippen molar-refractivity contribution in [1.29, 1.82) is 0 Å². The molecule has 0 bridgehead atoms. The van der Waals surface area contributed by atoms with Crippen LogP contribution in [0.5, 0.6) is 0 Å². The number of para-hydroxylation sites is 1. The minimum absolute atomic E-state index is 0.0570. The topological polar surface area (TPSA) is 50.8 Å². The molecule has 4 aromatic rings. The normalized spacial score (nSPS) is 12.9. The second-order valence-electron chi connectivity index (χ2n) is 6.75. The van der Waals surface area contributed by atoms with Gasteiger partial charge in [-0.1, -0.05) is 24.3 Å². The van der Waals surface area contributed by atoms with Crippen molar-refractivity contribution in [1.82, 2.24) is 14.3 Å². The maximum atomic E-state index is 12.4. The zero-order chi connectivity index (χ0) is 18.3. The summed E-state index contributed by atoms with van der Waals surface area (Å²) >= 11 is 0. The monoisotopic (exact) mass is 347 g/mol. The first-order valence-electron chi connectivity index (χ1n) is 8.69. The smallest absolute Gasteiger partial charge is 0.258 e. The lowest BCUT2D eigenvalue weighted by atomic mass is 10.2. The molecule has 1 aromatic carbocycles. The summed E-state index contributed by atoms with van der Waals surface area (Å²) in [6.07, 6.45) is 1.75. The molecule has 3 heterocycles. The SMILES string of the molecule is Cc1cccn2c(=O)cc(CN(C)[C@H](C)c3cc4ccccc4o3)nc12. The van der Waals surface area contributed by atoms with Crippen LogP contribution in [0.4, 0.5) is 0 Å². The van der Waals surface area contributed by atoms with E-state index in [1.165, 1.54) is 0 Å². The Kier molecular flexibility index (Phi) is 4.09. The van der Waals surface area contributed by atoms with Crippen LogP contribution in [0.2, 0.25) is 0 Å². The molecule has 0 aliphatic carbocycles. The van der Waals surface area contributed by atoms with Gasteiger partial charge in [-0.15, -0.1) is 0 Å². The molecule has 0 aliphatic heterocycles. The van der Waals surface area contributed by atoms with Crippen LogP contribution in [-0.4, -0.2) is 21.3 Å². The molecule has 5 heteroatoms. The van der Waals surface area contributed by atoms with Gasteiger partial charge in [0.25, 0.3) is 5.56 Å². The quantitative estimate of drug-likeness (QED) is 0.561. The van der Waals surface area contributed by atoms with E-state index in [0.717, 1.165) is 28.0 Å². The summed E-state index contributed by atoms with van der Waals surface area (Å²) in [4.78, 5) is 19.2. The van der Waals surface area contributed by atoms with E-state index in [9.17, 15) is 4.79 Å². The number of hydrogen-bond donors (Lipinski definition) is 0. The van der Waals surface area contributed by atoms with Crippen molar-refractivity contribution in [3.8, 4) is 0 Å². The molecule has 0 aliphatic rings. The van der Waals surface area contributed by atoms with Gasteiger partial charge in [0.2, 0.25) is 0 Å². The van der Waals surface area contributed by atoms with Gasteiger partial charge in [-0.05, 0) is 44.7 Å². The lowest BCUT2D eigenvalue weighted by molar-refractivity contribution is 0.224. The first-order chi connectivity index (χ1) is 12.5. The number of aromatic nitrogens is 2. The number of rotatable bonds is 4. The largest absolute Gasteiger partial charge is 0.459 e. The highest BCUT2D eigenvalue weighted by atomic mass is 16.3. The Labute approximate surface area is 151 Å². The van der Waals surface area contributed by atoms with Gasteiger partial charge in [0, 0.05) is 24.2 Å². The molecule has 4 rings (SSSR count). The first kappa shape index (κ1) is 16.5. The van der Waals surface area contributed by atoms with Crippen LogP contribution in [0.25, 0.3) is 16.6 Å². The zero-order valence-corrected chi connectivity index (χ0v) is 15.1. The maximum Gasteiger partial charge on any atom is 0.258 e. The van der Waals surface area contributed by atoms with Crippen molar-refractivity contribution in [2.75, 3.05) is 7.05 Å². The summed E-state index contributed by atoms with van der Waals surface area (Å²) in [5, 5.41) is 1.10. The minimum atomic E-state index is -0.0570. The van der Waals surface area contributed by atoms with E-state index >= 15 is 0 Å². The summed E-state index contributed by atoms with van der Waals surface area (Å²) < 4.78 is 7.56. The lowest BCUT2D eigenvalue weighted by Gasteiger charge is -2.22. The molecule has 0 unspecified atom stereocenters. The fourth-order valence-electron chi connectivity index (χ4n) is 3.21. The number of benzene rings is 1. The molecule has 0 amide bonds. The van der Waals surface area contributed by atoms with Gasteiger partial charge in [-0.2, -0.15) is 0 Å². The molecule has 3 aromatic heterocycles. The van der Waals surface area contributed by atoms with Crippen LogP contribution in [-0.2, 0) is 6.54 Å². The van der Waals surface area contributed by atoms with E-state index in [1.54, 1.807) is 16.7 Å².